The molecule has 5 fully saturated rings. The van der Waals surface area contributed by atoms with E-state index in [0.717, 1.165) is 24.5 Å². The standard InChI is InChI=1S/C21H30N4O.H2O.H2/c1-21-9-12-7-14(10-21)18(16(21)8-12)24-19(26)15-11-23-20(22-2)25-17(15)13-5-3-4-6-13;;/h11-14,16,18H,3-10H2,1-2H3,(H,24,26)(H,22,23,25);1H2;1H/t12?,14?,16?,18-,21?;;/m1../s1. The van der Waals surface area contributed by atoms with Crippen molar-refractivity contribution < 1.29 is 11.7 Å². The molecule has 5 aliphatic carbocycles. The molecule has 1 aromatic heterocycles. The predicted octanol–water partition coefficient (Wildman–Crippen LogP) is 3.15. The lowest BCUT2D eigenvalue weighted by atomic mass is 9.77. The van der Waals surface area contributed by atoms with Crippen molar-refractivity contribution in [3.8, 4) is 0 Å². The van der Waals surface area contributed by atoms with Gasteiger partial charge in [-0.05, 0) is 61.7 Å². The highest BCUT2D eigenvalue weighted by atomic mass is 16.1. The number of carbonyl (C=O) groups excluding carboxylic acids is 1. The fraction of sp³-hybridized carbons (Fsp3) is 0.762. The number of rotatable bonds is 4. The van der Waals surface area contributed by atoms with Crippen LogP contribution in [0.1, 0.15) is 81.7 Å². The molecule has 4 unspecified atom stereocenters. The molecule has 1 heterocycles. The fourth-order valence-electron chi connectivity index (χ4n) is 6.89. The minimum Gasteiger partial charge on any atom is -0.412 e. The summed E-state index contributed by atoms with van der Waals surface area (Å²) < 4.78 is 0. The van der Waals surface area contributed by atoms with E-state index in [1.165, 1.54) is 38.5 Å². The summed E-state index contributed by atoms with van der Waals surface area (Å²) >= 11 is 0. The van der Waals surface area contributed by atoms with Crippen LogP contribution in [0, 0.1) is 23.2 Å². The van der Waals surface area contributed by atoms with E-state index in [1.807, 2.05) is 7.05 Å². The van der Waals surface area contributed by atoms with Crippen LogP contribution >= 0.6 is 0 Å². The molecule has 0 saturated heterocycles. The van der Waals surface area contributed by atoms with Crippen LogP contribution < -0.4 is 10.6 Å². The van der Waals surface area contributed by atoms with Crippen LogP contribution in [0.5, 0.6) is 0 Å². The Labute approximate surface area is 162 Å². The van der Waals surface area contributed by atoms with E-state index in [0.29, 0.717) is 40.7 Å². The van der Waals surface area contributed by atoms with Gasteiger partial charge in [0.1, 0.15) is 0 Å². The zero-order chi connectivity index (χ0) is 17.9. The van der Waals surface area contributed by atoms with E-state index in [-0.39, 0.29) is 12.8 Å². The molecule has 1 amide bonds. The van der Waals surface area contributed by atoms with Gasteiger partial charge in [0, 0.05) is 26.6 Å². The van der Waals surface area contributed by atoms with Crippen molar-refractivity contribution in [1.29, 1.82) is 0 Å². The number of nitrogens with zero attached hydrogens (tertiary/aromatic N) is 2. The number of carbonyl (C=O) groups is 1. The maximum atomic E-state index is 13.2. The lowest BCUT2D eigenvalue weighted by molar-refractivity contribution is 0.0891. The molecule has 27 heavy (non-hydrogen) atoms. The Hall–Kier alpha value is -1.69. The van der Waals surface area contributed by atoms with Gasteiger partial charge in [-0.2, -0.15) is 0 Å². The average Bonchev–Trinajstić information content (AvgIpc) is 3.28. The third kappa shape index (κ3) is 2.93. The number of hydrogen-bond acceptors (Lipinski definition) is 4. The molecule has 6 rings (SSSR count). The molecule has 4 bridgehead atoms. The first-order valence-electron chi connectivity index (χ1n) is 10.4. The third-order valence-corrected chi connectivity index (χ3v) is 7.87. The first kappa shape index (κ1) is 18.7. The zero-order valence-corrected chi connectivity index (χ0v) is 16.4. The number of hydrogen-bond donors (Lipinski definition) is 2. The third-order valence-electron chi connectivity index (χ3n) is 7.87. The number of aromatic nitrogens is 2. The van der Waals surface area contributed by atoms with Gasteiger partial charge in [0.25, 0.3) is 5.91 Å². The molecule has 0 aromatic carbocycles. The normalized spacial score (nSPS) is 36.7. The second-order valence-electron chi connectivity index (χ2n) is 9.49. The molecule has 0 radical (unpaired) electrons. The quantitative estimate of drug-likeness (QED) is 0.846. The van der Waals surface area contributed by atoms with E-state index < -0.39 is 0 Å². The summed E-state index contributed by atoms with van der Waals surface area (Å²) in [5, 5.41) is 6.47. The molecule has 150 valence electrons. The van der Waals surface area contributed by atoms with E-state index in [1.54, 1.807) is 6.20 Å². The molecule has 6 nitrogen and oxygen atoms in total. The Morgan fingerprint density at radius 2 is 2.04 bits per heavy atom. The highest BCUT2D eigenvalue weighted by Gasteiger charge is 2.60. The van der Waals surface area contributed by atoms with Crippen molar-refractivity contribution in [2.24, 2.45) is 23.2 Å². The van der Waals surface area contributed by atoms with Crippen LogP contribution in [0.15, 0.2) is 6.20 Å². The minimum atomic E-state index is 0. The molecule has 1 aromatic rings. The SMILES string of the molecule is CNc1ncc(C(=O)N[C@@H]2C3CC4CC2C(C)(C4)C3)c(C2CCCC2)n1.O.[HH]. The van der Waals surface area contributed by atoms with Crippen LogP contribution in [0.3, 0.4) is 0 Å². The van der Waals surface area contributed by atoms with Gasteiger partial charge in [0.15, 0.2) is 0 Å². The minimum absolute atomic E-state index is 0. The molecule has 5 aliphatic rings. The highest BCUT2D eigenvalue weighted by molar-refractivity contribution is 5.95. The highest BCUT2D eigenvalue weighted by Crippen LogP contribution is 2.65. The summed E-state index contributed by atoms with van der Waals surface area (Å²) in [4.78, 5) is 22.3. The van der Waals surface area contributed by atoms with Gasteiger partial charge >= 0.3 is 0 Å². The van der Waals surface area contributed by atoms with Gasteiger partial charge in [0.05, 0.1) is 11.3 Å². The number of nitrogens with one attached hydrogen (secondary N) is 2. The molecule has 5 saturated carbocycles. The van der Waals surface area contributed by atoms with Crippen molar-refractivity contribution in [2.75, 3.05) is 12.4 Å². The number of amides is 1. The molecule has 4 N–H and O–H groups in total. The average molecular weight is 375 g/mol. The topological polar surface area (TPSA) is 98.4 Å². The summed E-state index contributed by atoms with van der Waals surface area (Å²) in [7, 11) is 1.83. The van der Waals surface area contributed by atoms with E-state index in [4.69, 9.17) is 4.98 Å². The van der Waals surface area contributed by atoms with Gasteiger partial charge in [-0.3, -0.25) is 4.79 Å². The van der Waals surface area contributed by atoms with E-state index in [9.17, 15) is 4.79 Å². The molecular formula is C21H34N4O2. The Balaban J connectivity index is 0.00000112. The van der Waals surface area contributed by atoms with Crippen LogP contribution in [0.25, 0.3) is 0 Å². The van der Waals surface area contributed by atoms with Crippen LogP contribution in [-0.2, 0) is 0 Å². The maximum absolute atomic E-state index is 13.2. The summed E-state index contributed by atoms with van der Waals surface area (Å²) in [6.07, 6.45) is 11.8. The van der Waals surface area contributed by atoms with Crippen molar-refractivity contribution >= 4 is 11.9 Å². The first-order chi connectivity index (χ1) is 12.6. The van der Waals surface area contributed by atoms with Gasteiger partial charge in [-0.15, -0.1) is 0 Å². The van der Waals surface area contributed by atoms with Gasteiger partial charge in [0.2, 0.25) is 5.95 Å². The predicted molar refractivity (Wildman–Crippen MR) is 107 cm³/mol. The fourth-order valence-corrected chi connectivity index (χ4v) is 6.89. The van der Waals surface area contributed by atoms with Crippen LogP contribution in [-0.4, -0.2) is 34.4 Å². The van der Waals surface area contributed by atoms with Crippen molar-refractivity contribution in [3.63, 3.8) is 0 Å². The van der Waals surface area contributed by atoms with Crippen LogP contribution in [0.4, 0.5) is 5.95 Å². The molecule has 6 heteroatoms. The van der Waals surface area contributed by atoms with Gasteiger partial charge < -0.3 is 16.1 Å². The summed E-state index contributed by atoms with van der Waals surface area (Å²) in [6, 6.07) is 0.353. The Bertz CT molecular complexity index is 739. The van der Waals surface area contributed by atoms with Gasteiger partial charge in [-0.25, -0.2) is 9.97 Å². The summed E-state index contributed by atoms with van der Waals surface area (Å²) in [5.74, 6) is 3.33. The monoisotopic (exact) mass is 374 g/mol. The lowest BCUT2D eigenvalue weighted by Crippen LogP contribution is -2.44. The second-order valence-corrected chi connectivity index (χ2v) is 9.49. The van der Waals surface area contributed by atoms with Crippen molar-refractivity contribution in [1.82, 2.24) is 15.3 Å². The maximum Gasteiger partial charge on any atom is 0.254 e. The van der Waals surface area contributed by atoms with E-state index >= 15 is 0 Å². The smallest absolute Gasteiger partial charge is 0.254 e. The molecular weight excluding hydrogens is 340 g/mol. The number of anilines is 1. The Morgan fingerprint density at radius 1 is 1.26 bits per heavy atom. The summed E-state index contributed by atoms with van der Waals surface area (Å²) in [6.45, 7) is 2.45. The largest absolute Gasteiger partial charge is 0.412 e. The zero-order valence-electron chi connectivity index (χ0n) is 16.4. The van der Waals surface area contributed by atoms with Gasteiger partial charge in [-0.1, -0.05) is 19.8 Å². The second kappa shape index (κ2) is 6.73. The lowest BCUT2D eigenvalue weighted by Gasteiger charge is -2.32. The van der Waals surface area contributed by atoms with Crippen molar-refractivity contribution in [3.05, 3.63) is 17.5 Å². The first-order valence-corrected chi connectivity index (χ1v) is 10.4. The Morgan fingerprint density at radius 3 is 2.74 bits per heavy atom. The van der Waals surface area contributed by atoms with Crippen LogP contribution in [0.2, 0.25) is 0 Å². The summed E-state index contributed by atoms with van der Waals surface area (Å²) in [5.41, 5.74) is 2.13. The van der Waals surface area contributed by atoms with E-state index in [2.05, 4.69) is 22.5 Å². The molecule has 0 aliphatic heterocycles. The molecule has 5 atom stereocenters. The van der Waals surface area contributed by atoms with Crippen molar-refractivity contribution in [2.45, 2.75) is 70.3 Å². The molecule has 0 spiro atoms. The Kier molecular flexibility index (Phi) is 4.65.